The number of benzene rings is 1. The highest BCUT2D eigenvalue weighted by atomic mass is 32.2. The molecule has 1 rings (SSSR count). The monoisotopic (exact) mass is 312 g/mol. The van der Waals surface area contributed by atoms with Gasteiger partial charge in [0.15, 0.2) is 9.84 Å². The van der Waals surface area contributed by atoms with Crippen molar-refractivity contribution in [2.45, 2.75) is 31.6 Å². The van der Waals surface area contributed by atoms with E-state index in [-0.39, 0.29) is 16.2 Å². The summed E-state index contributed by atoms with van der Waals surface area (Å²) in [7, 11) is -3.23. The molecule has 21 heavy (non-hydrogen) atoms. The topological polar surface area (TPSA) is 89.3 Å². The van der Waals surface area contributed by atoms with Crippen LogP contribution in [-0.2, 0) is 9.84 Å². The minimum Gasteiger partial charge on any atom is -0.352 e. The largest absolute Gasteiger partial charge is 0.352 e. The summed E-state index contributed by atoms with van der Waals surface area (Å²) in [5.74, 6) is -0.198. The molecule has 1 aromatic carbocycles. The molecule has 0 bridgehead atoms. The zero-order valence-corrected chi connectivity index (χ0v) is 13.7. The molecule has 1 aromatic rings. The highest BCUT2D eigenvalue weighted by Gasteiger charge is 2.18. The molecule has 0 aromatic heterocycles. The lowest BCUT2D eigenvalue weighted by atomic mass is 9.87. The quantitative estimate of drug-likeness (QED) is 0.800. The van der Waals surface area contributed by atoms with Crippen molar-refractivity contribution in [1.82, 2.24) is 5.32 Å². The van der Waals surface area contributed by atoms with Crippen LogP contribution in [0, 0.1) is 5.41 Å². The first-order chi connectivity index (χ1) is 9.65. The highest BCUT2D eigenvalue weighted by Crippen LogP contribution is 2.20. The van der Waals surface area contributed by atoms with Gasteiger partial charge in [0.2, 0.25) is 0 Å². The van der Waals surface area contributed by atoms with Crippen molar-refractivity contribution in [2.24, 2.45) is 11.1 Å². The van der Waals surface area contributed by atoms with Gasteiger partial charge in [-0.3, -0.25) is 4.79 Å². The summed E-state index contributed by atoms with van der Waals surface area (Å²) in [6, 6.07) is 5.95. The summed E-state index contributed by atoms with van der Waals surface area (Å²) < 4.78 is 22.7. The molecule has 118 valence electrons. The maximum absolute atomic E-state index is 12.0. The Morgan fingerprint density at radius 1 is 1.24 bits per heavy atom. The fourth-order valence-corrected chi connectivity index (χ4v) is 2.57. The van der Waals surface area contributed by atoms with Crippen molar-refractivity contribution in [2.75, 3.05) is 19.3 Å². The van der Waals surface area contributed by atoms with Crippen LogP contribution in [-0.4, -0.2) is 33.7 Å². The van der Waals surface area contributed by atoms with Crippen molar-refractivity contribution in [3.05, 3.63) is 29.8 Å². The normalized spacial score (nSPS) is 12.2. The Bertz CT molecular complexity index is 577. The number of carbonyl (C=O) groups excluding carboxylic acids is 1. The molecular weight excluding hydrogens is 288 g/mol. The minimum atomic E-state index is -3.23. The standard InChI is InChI=1S/C15H24N2O3S/c1-15(2,9-4-10-16)11-17-14(18)12-5-7-13(8-6-12)21(3,19)20/h5-8H,4,9-11,16H2,1-3H3,(H,17,18). The second-order valence-electron chi connectivity index (χ2n) is 6.04. The summed E-state index contributed by atoms with van der Waals surface area (Å²) >= 11 is 0. The zero-order chi connectivity index (χ0) is 16.1. The van der Waals surface area contributed by atoms with Gasteiger partial charge in [0, 0.05) is 18.4 Å². The fraction of sp³-hybridized carbons (Fsp3) is 0.533. The van der Waals surface area contributed by atoms with Crippen molar-refractivity contribution >= 4 is 15.7 Å². The number of amides is 1. The van der Waals surface area contributed by atoms with Crippen LogP contribution in [0.3, 0.4) is 0 Å². The second kappa shape index (κ2) is 7.04. The van der Waals surface area contributed by atoms with Crippen molar-refractivity contribution in [3.63, 3.8) is 0 Å². The fourth-order valence-electron chi connectivity index (χ4n) is 1.94. The molecule has 0 spiro atoms. The van der Waals surface area contributed by atoms with E-state index in [4.69, 9.17) is 5.73 Å². The smallest absolute Gasteiger partial charge is 0.251 e. The third-order valence-electron chi connectivity index (χ3n) is 3.33. The van der Waals surface area contributed by atoms with Crippen molar-refractivity contribution in [3.8, 4) is 0 Å². The van der Waals surface area contributed by atoms with Crippen LogP contribution >= 0.6 is 0 Å². The Kier molecular flexibility index (Phi) is 5.92. The molecule has 0 unspecified atom stereocenters. The van der Waals surface area contributed by atoms with E-state index in [1.807, 2.05) is 0 Å². The van der Waals surface area contributed by atoms with Crippen LogP contribution < -0.4 is 11.1 Å². The number of rotatable bonds is 7. The predicted molar refractivity (Wildman–Crippen MR) is 84.0 cm³/mol. The third-order valence-corrected chi connectivity index (χ3v) is 4.46. The number of nitrogens with two attached hydrogens (primary N) is 1. The maximum atomic E-state index is 12.0. The first-order valence-electron chi connectivity index (χ1n) is 6.94. The molecular formula is C15H24N2O3S. The minimum absolute atomic E-state index is 0.0122. The van der Waals surface area contributed by atoms with E-state index in [2.05, 4.69) is 19.2 Å². The Labute approximate surface area is 126 Å². The molecule has 0 radical (unpaired) electrons. The molecule has 3 N–H and O–H groups in total. The SMILES string of the molecule is CC(C)(CCCN)CNC(=O)c1ccc(S(C)(=O)=O)cc1. The van der Waals surface area contributed by atoms with Gasteiger partial charge in [0.05, 0.1) is 4.90 Å². The molecule has 0 aliphatic heterocycles. The van der Waals surface area contributed by atoms with Gasteiger partial charge in [-0.25, -0.2) is 8.42 Å². The van der Waals surface area contributed by atoms with Crippen LogP contribution in [0.2, 0.25) is 0 Å². The maximum Gasteiger partial charge on any atom is 0.251 e. The number of carbonyl (C=O) groups is 1. The molecule has 0 fully saturated rings. The van der Waals surface area contributed by atoms with Gasteiger partial charge in [-0.15, -0.1) is 0 Å². The van der Waals surface area contributed by atoms with Gasteiger partial charge in [0.25, 0.3) is 5.91 Å². The number of hydrogen-bond acceptors (Lipinski definition) is 4. The van der Waals surface area contributed by atoms with Crippen molar-refractivity contribution in [1.29, 1.82) is 0 Å². The summed E-state index contributed by atoms with van der Waals surface area (Å²) in [4.78, 5) is 12.3. The van der Waals surface area contributed by atoms with Crippen molar-refractivity contribution < 1.29 is 13.2 Å². The lowest BCUT2D eigenvalue weighted by Gasteiger charge is -2.24. The molecule has 0 heterocycles. The molecule has 0 aliphatic rings. The van der Waals surface area contributed by atoms with E-state index in [0.29, 0.717) is 18.7 Å². The van der Waals surface area contributed by atoms with E-state index in [1.54, 1.807) is 0 Å². The molecule has 0 saturated carbocycles. The van der Waals surface area contributed by atoms with Crippen LogP contribution in [0.5, 0.6) is 0 Å². The van der Waals surface area contributed by atoms with E-state index in [0.717, 1.165) is 19.1 Å². The average Bonchev–Trinajstić information content (AvgIpc) is 2.42. The number of nitrogens with one attached hydrogen (secondary N) is 1. The van der Waals surface area contributed by atoms with Gasteiger partial charge in [0.1, 0.15) is 0 Å². The number of sulfone groups is 1. The van der Waals surface area contributed by atoms with Gasteiger partial charge >= 0.3 is 0 Å². The Hall–Kier alpha value is -1.40. The first kappa shape index (κ1) is 17.7. The van der Waals surface area contributed by atoms with Crippen LogP contribution in [0.15, 0.2) is 29.2 Å². The first-order valence-corrected chi connectivity index (χ1v) is 8.83. The molecule has 6 heteroatoms. The zero-order valence-electron chi connectivity index (χ0n) is 12.8. The van der Waals surface area contributed by atoms with E-state index in [9.17, 15) is 13.2 Å². The summed E-state index contributed by atoms with van der Waals surface area (Å²) in [6.45, 7) is 5.36. The highest BCUT2D eigenvalue weighted by molar-refractivity contribution is 7.90. The van der Waals surface area contributed by atoms with Gasteiger partial charge in [-0.05, 0) is 49.1 Å². The lowest BCUT2D eigenvalue weighted by molar-refractivity contribution is 0.0934. The molecule has 0 saturated heterocycles. The van der Waals surface area contributed by atoms with Gasteiger partial charge in [-0.1, -0.05) is 13.8 Å². The summed E-state index contributed by atoms with van der Waals surface area (Å²) in [5, 5.41) is 2.88. The molecule has 0 atom stereocenters. The van der Waals surface area contributed by atoms with E-state index >= 15 is 0 Å². The predicted octanol–water partition coefficient (Wildman–Crippen LogP) is 1.58. The van der Waals surface area contributed by atoms with Crippen LogP contribution in [0.1, 0.15) is 37.0 Å². The Balaban J connectivity index is 2.64. The summed E-state index contributed by atoms with van der Waals surface area (Å²) in [6.07, 6.45) is 3.00. The third kappa shape index (κ3) is 5.85. The molecule has 5 nitrogen and oxygen atoms in total. The Morgan fingerprint density at radius 2 is 1.81 bits per heavy atom. The van der Waals surface area contributed by atoms with Crippen LogP contribution in [0.4, 0.5) is 0 Å². The van der Waals surface area contributed by atoms with Crippen LogP contribution in [0.25, 0.3) is 0 Å². The summed E-state index contributed by atoms with van der Waals surface area (Å²) in [5.41, 5.74) is 5.94. The van der Waals surface area contributed by atoms with E-state index in [1.165, 1.54) is 24.3 Å². The van der Waals surface area contributed by atoms with Gasteiger partial charge < -0.3 is 11.1 Å². The molecule has 1 amide bonds. The lowest BCUT2D eigenvalue weighted by Crippen LogP contribution is -2.34. The Morgan fingerprint density at radius 3 is 2.29 bits per heavy atom. The average molecular weight is 312 g/mol. The second-order valence-corrected chi connectivity index (χ2v) is 8.05. The molecule has 0 aliphatic carbocycles. The van der Waals surface area contributed by atoms with Gasteiger partial charge in [-0.2, -0.15) is 0 Å². The number of hydrogen-bond donors (Lipinski definition) is 2. The van der Waals surface area contributed by atoms with E-state index < -0.39 is 9.84 Å².